The Kier molecular flexibility index (Phi) is 3.91. The maximum atomic E-state index is 12.1. The van der Waals surface area contributed by atoms with Crippen molar-refractivity contribution in [1.29, 1.82) is 0 Å². The fourth-order valence-electron chi connectivity index (χ4n) is 2.72. The number of amides is 1. The Balaban J connectivity index is 3.15. The first kappa shape index (κ1) is 14.5. The zero-order valence-corrected chi connectivity index (χ0v) is 12.4. The summed E-state index contributed by atoms with van der Waals surface area (Å²) < 4.78 is 0. The first-order valence-corrected chi connectivity index (χ1v) is 6.83. The third-order valence-electron chi connectivity index (χ3n) is 4.45. The smallest absolute Gasteiger partial charge is 0.309 e. The lowest BCUT2D eigenvalue weighted by atomic mass is 9.65. The van der Waals surface area contributed by atoms with Gasteiger partial charge in [-0.2, -0.15) is 0 Å². The van der Waals surface area contributed by atoms with E-state index >= 15 is 0 Å². The van der Waals surface area contributed by atoms with E-state index in [1.165, 1.54) is 0 Å². The second-order valence-corrected chi connectivity index (χ2v) is 6.07. The summed E-state index contributed by atoms with van der Waals surface area (Å²) in [6.45, 7) is 3.65. The van der Waals surface area contributed by atoms with Crippen LogP contribution in [0.1, 0.15) is 26.7 Å². The van der Waals surface area contributed by atoms with Gasteiger partial charge in [-0.25, -0.2) is 0 Å². The van der Waals surface area contributed by atoms with Gasteiger partial charge in [-0.05, 0) is 19.8 Å². The van der Waals surface area contributed by atoms with Gasteiger partial charge >= 0.3 is 5.97 Å². The number of hydrogen-bond acceptors (Lipinski definition) is 2. The molecule has 0 spiro atoms. The summed E-state index contributed by atoms with van der Waals surface area (Å²) in [7, 11) is 3.43. The minimum absolute atomic E-state index is 0.0249. The quantitative estimate of drug-likeness (QED) is 0.811. The van der Waals surface area contributed by atoms with Gasteiger partial charge in [0, 0.05) is 30.8 Å². The first-order chi connectivity index (χ1) is 7.70. The molecule has 1 aliphatic carbocycles. The fraction of sp³-hybridized carbons (Fsp3) is 0.833. The summed E-state index contributed by atoms with van der Waals surface area (Å²) in [5, 5.41) is 9.95. The number of halogens is 1. The topological polar surface area (TPSA) is 57.6 Å². The lowest BCUT2D eigenvalue weighted by Crippen LogP contribution is -2.48. The number of carbonyl (C=O) groups is 2. The second-order valence-electron chi connectivity index (χ2n) is 5.51. The molecule has 3 atom stereocenters. The molecule has 1 fully saturated rings. The van der Waals surface area contributed by atoms with Crippen LogP contribution in [0.5, 0.6) is 0 Å². The summed E-state index contributed by atoms with van der Waals surface area (Å²) in [5.41, 5.74) is -1.38. The molecule has 0 aromatic heterocycles. The fourth-order valence-corrected chi connectivity index (χ4v) is 3.73. The van der Waals surface area contributed by atoms with E-state index in [4.69, 9.17) is 0 Å². The van der Waals surface area contributed by atoms with Gasteiger partial charge in [-0.15, -0.1) is 0 Å². The molecule has 0 bridgehead atoms. The average molecular weight is 306 g/mol. The molecule has 0 aromatic carbocycles. The summed E-state index contributed by atoms with van der Waals surface area (Å²) in [4.78, 5) is 25.2. The van der Waals surface area contributed by atoms with Crippen LogP contribution in [0.3, 0.4) is 0 Å². The van der Waals surface area contributed by atoms with Crippen LogP contribution in [0.25, 0.3) is 0 Å². The molecule has 4 nitrogen and oxygen atoms in total. The average Bonchev–Trinajstić information content (AvgIpc) is 2.53. The molecule has 0 aliphatic heterocycles. The Hall–Kier alpha value is -0.580. The number of carboxylic acid groups (broad SMARTS) is 1. The molecule has 98 valence electrons. The third-order valence-corrected chi connectivity index (χ3v) is 5.62. The Labute approximate surface area is 110 Å². The van der Waals surface area contributed by atoms with Crippen molar-refractivity contribution in [3.05, 3.63) is 0 Å². The molecule has 0 saturated heterocycles. The van der Waals surface area contributed by atoms with Gasteiger partial charge in [-0.3, -0.25) is 9.59 Å². The predicted octanol–water partition coefficient (Wildman–Crippen LogP) is 1.98. The van der Waals surface area contributed by atoms with Gasteiger partial charge in [0.25, 0.3) is 0 Å². The van der Waals surface area contributed by atoms with E-state index < -0.39 is 16.8 Å². The summed E-state index contributed by atoms with van der Waals surface area (Å²) in [6, 6.07) is 0. The minimum Gasteiger partial charge on any atom is -0.481 e. The molecule has 1 rings (SSSR count). The SMILES string of the molecule is CN(C)C(=O)[C@H]1CC[C@@](C)(C(=O)O)[C@]1(C)CBr. The van der Waals surface area contributed by atoms with Crippen molar-refractivity contribution < 1.29 is 14.7 Å². The van der Waals surface area contributed by atoms with Crippen molar-refractivity contribution in [1.82, 2.24) is 4.90 Å². The number of carboxylic acids is 1. The Bertz CT molecular complexity index is 345. The van der Waals surface area contributed by atoms with E-state index in [2.05, 4.69) is 15.9 Å². The predicted molar refractivity (Wildman–Crippen MR) is 69.1 cm³/mol. The highest BCUT2D eigenvalue weighted by Crippen LogP contribution is 2.57. The lowest BCUT2D eigenvalue weighted by molar-refractivity contribution is -0.155. The molecule has 0 aromatic rings. The van der Waals surface area contributed by atoms with Crippen LogP contribution < -0.4 is 0 Å². The van der Waals surface area contributed by atoms with Gasteiger partial charge in [-0.1, -0.05) is 22.9 Å². The standard InChI is InChI=1S/C12H20BrNO3/c1-11(10(16)17)6-5-8(9(15)14(3)4)12(11,2)7-13/h8H,5-7H2,1-4H3,(H,16,17)/t8-,11+,12-/m1/s1. The van der Waals surface area contributed by atoms with Crippen molar-refractivity contribution in [2.45, 2.75) is 26.7 Å². The van der Waals surface area contributed by atoms with Crippen molar-refractivity contribution in [3.8, 4) is 0 Å². The van der Waals surface area contributed by atoms with Crippen molar-refractivity contribution >= 4 is 27.8 Å². The van der Waals surface area contributed by atoms with E-state index in [-0.39, 0.29) is 11.8 Å². The maximum absolute atomic E-state index is 12.1. The van der Waals surface area contributed by atoms with Gasteiger partial charge in [0.2, 0.25) is 5.91 Å². The van der Waals surface area contributed by atoms with Gasteiger partial charge in [0.05, 0.1) is 5.41 Å². The molecule has 1 aliphatic rings. The normalized spacial score (nSPS) is 36.9. The summed E-state index contributed by atoms with van der Waals surface area (Å²) in [5.74, 6) is -1.01. The molecule has 0 unspecified atom stereocenters. The Morgan fingerprint density at radius 3 is 2.29 bits per heavy atom. The number of aliphatic carboxylic acids is 1. The monoisotopic (exact) mass is 305 g/mol. The van der Waals surface area contributed by atoms with E-state index in [9.17, 15) is 14.7 Å². The van der Waals surface area contributed by atoms with Gasteiger partial charge in [0.15, 0.2) is 0 Å². The number of rotatable bonds is 3. The Morgan fingerprint density at radius 2 is 1.94 bits per heavy atom. The van der Waals surface area contributed by atoms with Crippen molar-refractivity contribution in [2.24, 2.45) is 16.7 Å². The van der Waals surface area contributed by atoms with Crippen LogP contribution in [-0.2, 0) is 9.59 Å². The van der Waals surface area contributed by atoms with Crippen LogP contribution in [-0.4, -0.2) is 41.3 Å². The molecule has 1 saturated carbocycles. The number of hydrogen-bond donors (Lipinski definition) is 1. The molecule has 17 heavy (non-hydrogen) atoms. The lowest BCUT2D eigenvalue weighted by Gasteiger charge is -2.40. The molecule has 5 heteroatoms. The zero-order chi connectivity index (χ0) is 13.4. The van der Waals surface area contributed by atoms with Crippen LogP contribution in [0.4, 0.5) is 0 Å². The van der Waals surface area contributed by atoms with Crippen LogP contribution in [0.2, 0.25) is 0 Å². The highest BCUT2D eigenvalue weighted by atomic mass is 79.9. The first-order valence-electron chi connectivity index (χ1n) is 5.71. The molecule has 0 radical (unpaired) electrons. The minimum atomic E-state index is -0.840. The molecule has 0 heterocycles. The van der Waals surface area contributed by atoms with Crippen LogP contribution in [0, 0.1) is 16.7 Å². The molecule has 1 amide bonds. The highest BCUT2D eigenvalue weighted by Gasteiger charge is 2.60. The largest absolute Gasteiger partial charge is 0.481 e. The summed E-state index contributed by atoms with van der Waals surface area (Å²) >= 11 is 3.40. The highest BCUT2D eigenvalue weighted by molar-refractivity contribution is 9.09. The third kappa shape index (κ3) is 1.98. The summed E-state index contributed by atoms with van der Waals surface area (Å²) in [6.07, 6.45) is 1.19. The van der Waals surface area contributed by atoms with Gasteiger partial charge < -0.3 is 10.0 Å². The van der Waals surface area contributed by atoms with Gasteiger partial charge in [0.1, 0.15) is 0 Å². The van der Waals surface area contributed by atoms with Crippen molar-refractivity contribution in [2.75, 3.05) is 19.4 Å². The van der Waals surface area contributed by atoms with E-state index in [0.717, 1.165) is 0 Å². The van der Waals surface area contributed by atoms with E-state index in [0.29, 0.717) is 18.2 Å². The molecule has 1 N–H and O–H groups in total. The van der Waals surface area contributed by atoms with E-state index in [1.54, 1.807) is 25.9 Å². The number of carbonyl (C=O) groups excluding carboxylic acids is 1. The second kappa shape index (κ2) is 4.59. The van der Waals surface area contributed by atoms with E-state index in [1.807, 2.05) is 6.92 Å². The molecular formula is C12H20BrNO3. The maximum Gasteiger partial charge on any atom is 0.309 e. The van der Waals surface area contributed by atoms with Crippen LogP contribution in [0.15, 0.2) is 0 Å². The van der Waals surface area contributed by atoms with Crippen molar-refractivity contribution in [3.63, 3.8) is 0 Å². The Morgan fingerprint density at radius 1 is 1.41 bits per heavy atom. The number of alkyl halides is 1. The molecular weight excluding hydrogens is 286 g/mol. The number of nitrogens with zero attached hydrogens (tertiary/aromatic N) is 1. The zero-order valence-electron chi connectivity index (χ0n) is 10.8. The van der Waals surface area contributed by atoms with Crippen LogP contribution >= 0.6 is 15.9 Å².